The van der Waals surface area contributed by atoms with Crippen LogP contribution in [-0.2, 0) is 4.79 Å². The number of hydrogen-bond acceptors (Lipinski definition) is 2. The van der Waals surface area contributed by atoms with Gasteiger partial charge < -0.3 is 4.90 Å². The van der Waals surface area contributed by atoms with Crippen LogP contribution in [0.3, 0.4) is 0 Å². The number of rotatable bonds is 2. The fourth-order valence-electron chi connectivity index (χ4n) is 6.63. The fraction of sp³-hybridized carbons (Fsp3) is 0.864. The number of thioether (sulfide) groups is 1. The summed E-state index contributed by atoms with van der Waals surface area (Å²) >= 11 is 2.04. The van der Waals surface area contributed by atoms with Crippen LogP contribution in [0.5, 0.6) is 0 Å². The van der Waals surface area contributed by atoms with Gasteiger partial charge in [0, 0.05) is 29.3 Å². The SMILES string of the molecule is O=C(C1=CSC2(C3CCCCC3)CC12)N1CCCC2(CCCCC2)C1. The topological polar surface area (TPSA) is 20.3 Å². The molecule has 2 unspecified atom stereocenters. The van der Waals surface area contributed by atoms with Crippen molar-refractivity contribution in [1.82, 2.24) is 4.90 Å². The lowest BCUT2D eigenvalue weighted by molar-refractivity contribution is -0.131. The Morgan fingerprint density at radius 2 is 1.72 bits per heavy atom. The standard InChI is InChI=1S/C22H33NOS/c24-20(23-13-7-12-21(16-23)10-5-2-6-11-21)18-15-25-22(14-19(18)22)17-8-3-1-4-9-17/h15,17,19H,1-14,16H2. The molecule has 0 aromatic rings. The Kier molecular flexibility index (Phi) is 4.22. The van der Waals surface area contributed by atoms with Crippen molar-refractivity contribution >= 4 is 17.7 Å². The molecule has 3 aliphatic carbocycles. The van der Waals surface area contributed by atoms with Crippen LogP contribution in [0.2, 0.25) is 0 Å². The summed E-state index contributed by atoms with van der Waals surface area (Å²) in [5, 5.41) is 2.28. The molecule has 3 saturated carbocycles. The number of likely N-dealkylation sites (tertiary alicyclic amines) is 1. The summed E-state index contributed by atoms with van der Waals surface area (Å²) in [5.41, 5.74) is 1.67. The Hall–Kier alpha value is -0.440. The highest BCUT2D eigenvalue weighted by Crippen LogP contribution is 2.69. The van der Waals surface area contributed by atoms with Crippen molar-refractivity contribution in [2.45, 2.75) is 88.2 Å². The molecule has 1 saturated heterocycles. The van der Waals surface area contributed by atoms with Crippen molar-refractivity contribution in [3.8, 4) is 0 Å². The lowest BCUT2D eigenvalue weighted by atomic mass is 9.69. The van der Waals surface area contributed by atoms with Crippen molar-refractivity contribution in [1.29, 1.82) is 0 Å². The van der Waals surface area contributed by atoms with E-state index in [1.54, 1.807) is 0 Å². The third kappa shape index (κ3) is 2.80. The van der Waals surface area contributed by atoms with Crippen molar-refractivity contribution in [3.05, 3.63) is 11.0 Å². The van der Waals surface area contributed by atoms with E-state index < -0.39 is 0 Å². The molecule has 0 aromatic carbocycles. The van der Waals surface area contributed by atoms with E-state index in [1.165, 1.54) is 89.0 Å². The molecule has 138 valence electrons. The van der Waals surface area contributed by atoms with Gasteiger partial charge in [-0.05, 0) is 61.7 Å². The average molecular weight is 360 g/mol. The number of carbonyl (C=O) groups excluding carboxylic acids is 1. The Labute approximate surface area is 157 Å². The van der Waals surface area contributed by atoms with Gasteiger partial charge in [0.2, 0.25) is 0 Å². The fourth-order valence-corrected chi connectivity index (χ4v) is 8.22. The van der Waals surface area contributed by atoms with Crippen molar-refractivity contribution in [3.63, 3.8) is 0 Å². The van der Waals surface area contributed by atoms with Crippen molar-refractivity contribution in [2.24, 2.45) is 17.3 Å². The molecule has 1 amide bonds. The van der Waals surface area contributed by atoms with Gasteiger partial charge in [0.1, 0.15) is 0 Å². The van der Waals surface area contributed by atoms with E-state index in [2.05, 4.69) is 10.3 Å². The second kappa shape index (κ2) is 6.32. The first-order valence-electron chi connectivity index (χ1n) is 10.9. The minimum atomic E-state index is 0.414. The van der Waals surface area contributed by atoms with Crippen LogP contribution in [0.1, 0.15) is 83.5 Å². The van der Waals surface area contributed by atoms with E-state index in [9.17, 15) is 4.79 Å². The minimum absolute atomic E-state index is 0.414. The van der Waals surface area contributed by atoms with Crippen LogP contribution in [0, 0.1) is 17.3 Å². The molecule has 5 rings (SSSR count). The van der Waals surface area contributed by atoms with Gasteiger partial charge in [0.05, 0.1) is 0 Å². The molecule has 0 bridgehead atoms. The first-order chi connectivity index (χ1) is 12.2. The zero-order valence-electron chi connectivity index (χ0n) is 15.6. The maximum Gasteiger partial charge on any atom is 0.250 e. The van der Waals surface area contributed by atoms with Crippen LogP contribution in [0.15, 0.2) is 11.0 Å². The van der Waals surface area contributed by atoms with E-state index in [4.69, 9.17) is 0 Å². The smallest absolute Gasteiger partial charge is 0.250 e. The van der Waals surface area contributed by atoms with Crippen LogP contribution in [0.4, 0.5) is 0 Å². The number of carbonyl (C=O) groups is 1. The van der Waals surface area contributed by atoms with E-state index in [-0.39, 0.29) is 0 Å². The molecular weight excluding hydrogens is 326 g/mol. The first kappa shape index (κ1) is 16.7. The number of fused-ring (bicyclic) bond motifs is 1. The molecule has 4 fully saturated rings. The highest BCUT2D eigenvalue weighted by atomic mass is 32.2. The number of hydrogen-bond donors (Lipinski definition) is 0. The van der Waals surface area contributed by atoms with Gasteiger partial charge in [0.25, 0.3) is 5.91 Å². The van der Waals surface area contributed by atoms with E-state index >= 15 is 0 Å². The maximum absolute atomic E-state index is 13.3. The Morgan fingerprint density at radius 3 is 2.48 bits per heavy atom. The van der Waals surface area contributed by atoms with Gasteiger partial charge in [0.15, 0.2) is 0 Å². The summed E-state index contributed by atoms with van der Waals surface area (Å²) in [6, 6.07) is 0. The highest BCUT2D eigenvalue weighted by molar-refractivity contribution is 8.04. The van der Waals surface area contributed by atoms with Crippen molar-refractivity contribution in [2.75, 3.05) is 13.1 Å². The molecule has 2 aliphatic heterocycles. The molecular formula is C22H33NOS. The molecule has 2 nitrogen and oxygen atoms in total. The molecule has 1 spiro atoms. The molecule has 25 heavy (non-hydrogen) atoms. The number of nitrogens with zero attached hydrogens (tertiary/aromatic N) is 1. The largest absolute Gasteiger partial charge is 0.338 e. The van der Waals surface area contributed by atoms with Gasteiger partial charge in [-0.25, -0.2) is 0 Å². The summed E-state index contributed by atoms with van der Waals surface area (Å²) in [6.07, 6.45) is 17.8. The lowest BCUT2D eigenvalue weighted by Crippen LogP contribution is -2.47. The summed E-state index contributed by atoms with van der Waals surface area (Å²) in [6.45, 7) is 2.06. The van der Waals surface area contributed by atoms with Crippen LogP contribution >= 0.6 is 11.8 Å². The summed E-state index contributed by atoms with van der Waals surface area (Å²) < 4.78 is 0.448. The van der Waals surface area contributed by atoms with Crippen LogP contribution in [0.25, 0.3) is 0 Å². The Morgan fingerprint density at radius 1 is 1.00 bits per heavy atom. The highest BCUT2D eigenvalue weighted by Gasteiger charge is 2.64. The summed E-state index contributed by atoms with van der Waals surface area (Å²) in [5.74, 6) is 1.89. The number of amides is 1. The zero-order chi connectivity index (χ0) is 16.9. The van der Waals surface area contributed by atoms with Crippen molar-refractivity contribution < 1.29 is 4.79 Å². The first-order valence-corrected chi connectivity index (χ1v) is 11.8. The van der Waals surface area contributed by atoms with E-state index in [0.717, 1.165) is 19.0 Å². The van der Waals surface area contributed by atoms with Gasteiger partial charge in [-0.3, -0.25) is 4.79 Å². The Bertz CT molecular complexity index is 567. The average Bonchev–Trinajstić information content (AvgIpc) is 3.28. The van der Waals surface area contributed by atoms with Gasteiger partial charge in [-0.15, -0.1) is 11.8 Å². The molecule has 0 aromatic heterocycles. The van der Waals surface area contributed by atoms with Gasteiger partial charge >= 0.3 is 0 Å². The minimum Gasteiger partial charge on any atom is -0.338 e. The second-order valence-electron chi connectivity index (χ2n) is 9.63. The van der Waals surface area contributed by atoms with Crippen LogP contribution in [-0.4, -0.2) is 28.6 Å². The lowest BCUT2D eigenvalue weighted by Gasteiger charge is -2.45. The van der Waals surface area contributed by atoms with Gasteiger partial charge in [-0.1, -0.05) is 38.5 Å². The van der Waals surface area contributed by atoms with E-state index in [1.807, 2.05) is 11.8 Å². The van der Waals surface area contributed by atoms with E-state index in [0.29, 0.717) is 22.0 Å². The quantitative estimate of drug-likeness (QED) is 0.646. The molecule has 0 radical (unpaired) electrons. The summed E-state index contributed by atoms with van der Waals surface area (Å²) in [7, 11) is 0. The second-order valence-corrected chi connectivity index (χ2v) is 10.9. The summed E-state index contributed by atoms with van der Waals surface area (Å²) in [4.78, 5) is 15.6. The monoisotopic (exact) mass is 359 g/mol. The Balaban J connectivity index is 1.26. The number of piperidine rings is 1. The third-order valence-corrected chi connectivity index (χ3v) is 9.73. The molecule has 2 atom stereocenters. The molecule has 2 heterocycles. The maximum atomic E-state index is 13.3. The predicted molar refractivity (Wildman–Crippen MR) is 104 cm³/mol. The molecule has 0 N–H and O–H groups in total. The predicted octanol–water partition coefficient (Wildman–Crippen LogP) is 5.53. The normalized spacial score (nSPS) is 37.7. The van der Waals surface area contributed by atoms with Crippen LogP contribution < -0.4 is 0 Å². The molecule has 3 heteroatoms. The molecule has 5 aliphatic rings. The van der Waals surface area contributed by atoms with Gasteiger partial charge in [-0.2, -0.15) is 0 Å². The zero-order valence-corrected chi connectivity index (χ0v) is 16.4. The third-order valence-electron chi connectivity index (χ3n) is 8.14.